The number of aryl methyl sites for hydroxylation is 1. The Morgan fingerprint density at radius 1 is 1.00 bits per heavy atom. The summed E-state index contributed by atoms with van der Waals surface area (Å²) in [5, 5.41) is 12.0. The van der Waals surface area contributed by atoms with Gasteiger partial charge < -0.3 is 14.0 Å². The Labute approximate surface area is 162 Å². The van der Waals surface area contributed by atoms with Crippen molar-refractivity contribution < 1.29 is 9.47 Å². The minimum absolute atomic E-state index is 0.691. The molecule has 0 N–H and O–H groups in total. The molecule has 27 heavy (non-hydrogen) atoms. The largest absolute Gasteiger partial charge is 0.490 e. The molecule has 5 rings (SSSR count). The van der Waals surface area contributed by atoms with E-state index in [4.69, 9.17) is 14.5 Å². The lowest BCUT2D eigenvalue weighted by atomic mass is 10.1. The predicted molar refractivity (Wildman–Crippen MR) is 104 cm³/mol. The third-order valence-corrected chi connectivity index (χ3v) is 5.94. The van der Waals surface area contributed by atoms with E-state index in [1.54, 1.807) is 11.3 Å². The Bertz CT molecular complexity index is 949. The molecule has 0 saturated carbocycles. The number of hydrogen-bond acceptors (Lipinski definition) is 6. The summed E-state index contributed by atoms with van der Waals surface area (Å²) in [5.74, 6) is 3.79. The fraction of sp³-hybridized carbons (Fsp3) is 0.450. The second kappa shape index (κ2) is 7.31. The number of nitrogens with zero attached hydrogens (tertiary/aromatic N) is 4. The van der Waals surface area contributed by atoms with Crippen molar-refractivity contribution in [1.82, 2.24) is 19.7 Å². The zero-order valence-electron chi connectivity index (χ0n) is 15.2. The molecule has 0 aliphatic carbocycles. The normalized spacial score (nSPS) is 16.4. The van der Waals surface area contributed by atoms with E-state index in [1.807, 2.05) is 12.1 Å². The Balaban J connectivity index is 1.38. The SMILES string of the molecule is c1cc2c(cc1-c1csc(Cc3nnc4n3CCCCC4)n1)OCCCO2. The molecule has 2 aliphatic heterocycles. The summed E-state index contributed by atoms with van der Waals surface area (Å²) >= 11 is 1.68. The third kappa shape index (κ3) is 3.43. The number of thiazole rings is 1. The van der Waals surface area contributed by atoms with Crippen LogP contribution >= 0.6 is 11.3 Å². The second-order valence-electron chi connectivity index (χ2n) is 7.01. The van der Waals surface area contributed by atoms with Crippen LogP contribution in [0.25, 0.3) is 11.3 Å². The maximum Gasteiger partial charge on any atom is 0.161 e. The lowest BCUT2D eigenvalue weighted by molar-refractivity contribution is 0.297. The number of ether oxygens (including phenoxy) is 2. The van der Waals surface area contributed by atoms with Crippen LogP contribution in [0.15, 0.2) is 23.6 Å². The minimum Gasteiger partial charge on any atom is -0.490 e. The highest BCUT2D eigenvalue weighted by molar-refractivity contribution is 7.10. The quantitative estimate of drug-likeness (QED) is 0.688. The van der Waals surface area contributed by atoms with Crippen LogP contribution in [-0.4, -0.2) is 33.0 Å². The molecule has 0 amide bonds. The minimum atomic E-state index is 0.691. The Hall–Kier alpha value is -2.41. The molecule has 4 heterocycles. The highest BCUT2D eigenvalue weighted by Gasteiger charge is 2.17. The van der Waals surface area contributed by atoms with Crippen molar-refractivity contribution in [1.29, 1.82) is 0 Å². The standard InChI is InChI=1S/C20H22N4O2S/c1-2-5-18-22-23-19(24(18)8-3-1)12-20-21-15(13-27-20)14-6-7-16-17(11-14)26-10-4-9-25-16/h6-7,11,13H,1-5,8-10,12H2. The zero-order valence-corrected chi connectivity index (χ0v) is 16.0. The van der Waals surface area contributed by atoms with E-state index < -0.39 is 0 Å². The molecular formula is C20H22N4O2S. The van der Waals surface area contributed by atoms with Crippen LogP contribution in [0.2, 0.25) is 0 Å². The smallest absolute Gasteiger partial charge is 0.161 e. The molecule has 0 unspecified atom stereocenters. The van der Waals surface area contributed by atoms with Crippen molar-refractivity contribution in [2.75, 3.05) is 13.2 Å². The van der Waals surface area contributed by atoms with Crippen LogP contribution in [0.4, 0.5) is 0 Å². The fourth-order valence-corrected chi connectivity index (χ4v) is 4.46. The van der Waals surface area contributed by atoms with Crippen molar-refractivity contribution >= 4 is 11.3 Å². The van der Waals surface area contributed by atoms with Crippen molar-refractivity contribution in [2.45, 2.75) is 45.1 Å². The van der Waals surface area contributed by atoms with Gasteiger partial charge >= 0.3 is 0 Å². The lowest BCUT2D eigenvalue weighted by Crippen LogP contribution is -2.06. The van der Waals surface area contributed by atoms with Crippen molar-refractivity contribution in [2.24, 2.45) is 0 Å². The van der Waals surface area contributed by atoms with Gasteiger partial charge in [0.05, 0.1) is 25.3 Å². The second-order valence-corrected chi connectivity index (χ2v) is 7.95. The van der Waals surface area contributed by atoms with E-state index in [-0.39, 0.29) is 0 Å². The average molecular weight is 382 g/mol. The van der Waals surface area contributed by atoms with Crippen LogP contribution < -0.4 is 9.47 Å². The molecule has 0 bridgehead atoms. The molecule has 2 aromatic heterocycles. The highest BCUT2D eigenvalue weighted by Crippen LogP contribution is 2.34. The zero-order chi connectivity index (χ0) is 18.1. The summed E-state index contributed by atoms with van der Waals surface area (Å²) in [6, 6.07) is 6.06. The fourth-order valence-electron chi connectivity index (χ4n) is 3.66. The van der Waals surface area contributed by atoms with Gasteiger partial charge in [0.25, 0.3) is 0 Å². The Morgan fingerprint density at radius 3 is 2.89 bits per heavy atom. The van der Waals surface area contributed by atoms with Crippen LogP contribution in [0.3, 0.4) is 0 Å². The molecule has 140 valence electrons. The number of hydrogen-bond donors (Lipinski definition) is 0. The third-order valence-electron chi connectivity index (χ3n) is 5.09. The predicted octanol–water partition coefficient (Wildman–Crippen LogP) is 3.88. The molecule has 6 nitrogen and oxygen atoms in total. The number of aromatic nitrogens is 4. The van der Waals surface area contributed by atoms with Gasteiger partial charge in [-0.25, -0.2) is 4.98 Å². The molecule has 0 radical (unpaired) electrons. The number of fused-ring (bicyclic) bond motifs is 2. The Kier molecular flexibility index (Phi) is 4.53. The monoisotopic (exact) mass is 382 g/mol. The molecule has 2 aliphatic rings. The van der Waals surface area contributed by atoms with E-state index >= 15 is 0 Å². The van der Waals surface area contributed by atoms with Gasteiger partial charge in [0.15, 0.2) is 11.5 Å². The van der Waals surface area contributed by atoms with E-state index in [1.165, 1.54) is 19.3 Å². The highest BCUT2D eigenvalue weighted by atomic mass is 32.1. The summed E-state index contributed by atoms with van der Waals surface area (Å²) < 4.78 is 13.8. The summed E-state index contributed by atoms with van der Waals surface area (Å²) in [5.41, 5.74) is 2.03. The molecule has 0 saturated heterocycles. The first-order chi connectivity index (χ1) is 13.4. The van der Waals surface area contributed by atoms with Crippen molar-refractivity contribution in [3.8, 4) is 22.8 Å². The van der Waals surface area contributed by atoms with Crippen LogP contribution in [0.5, 0.6) is 11.5 Å². The van der Waals surface area contributed by atoms with Crippen molar-refractivity contribution in [3.63, 3.8) is 0 Å². The van der Waals surface area contributed by atoms with Gasteiger partial charge in [-0.1, -0.05) is 6.42 Å². The maximum absolute atomic E-state index is 5.81. The average Bonchev–Trinajstić information content (AvgIpc) is 3.12. The van der Waals surface area contributed by atoms with Gasteiger partial charge in [0, 0.05) is 30.3 Å². The van der Waals surface area contributed by atoms with Gasteiger partial charge in [0.1, 0.15) is 16.7 Å². The van der Waals surface area contributed by atoms with E-state index in [0.29, 0.717) is 13.2 Å². The van der Waals surface area contributed by atoms with Crippen molar-refractivity contribution in [3.05, 3.63) is 40.2 Å². The Morgan fingerprint density at radius 2 is 1.93 bits per heavy atom. The summed E-state index contributed by atoms with van der Waals surface area (Å²) in [6.45, 7) is 2.42. The molecular weight excluding hydrogens is 360 g/mol. The number of rotatable bonds is 3. The van der Waals surface area contributed by atoms with Gasteiger partial charge in [-0.2, -0.15) is 0 Å². The van der Waals surface area contributed by atoms with Gasteiger partial charge in [0.2, 0.25) is 0 Å². The van der Waals surface area contributed by atoms with Gasteiger partial charge in [-0.3, -0.25) is 0 Å². The summed E-state index contributed by atoms with van der Waals surface area (Å²) in [6.07, 6.45) is 6.37. The molecule has 3 aromatic rings. The first-order valence-corrected chi connectivity index (χ1v) is 10.5. The topological polar surface area (TPSA) is 62.1 Å². The molecule has 0 atom stereocenters. The van der Waals surface area contributed by atoms with Crippen LogP contribution in [-0.2, 0) is 19.4 Å². The molecule has 7 heteroatoms. The van der Waals surface area contributed by atoms with Crippen LogP contribution in [0.1, 0.15) is 42.3 Å². The molecule has 1 aromatic carbocycles. The number of benzene rings is 1. The van der Waals surface area contributed by atoms with E-state index in [9.17, 15) is 0 Å². The lowest BCUT2D eigenvalue weighted by Gasteiger charge is -2.08. The van der Waals surface area contributed by atoms with E-state index in [0.717, 1.165) is 65.2 Å². The molecule has 0 fully saturated rings. The van der Waals surface area contributed by atoms with Gasteiger partial charge in [-0.15, -0.1) is 21.5 Å². The summed E-state index contributed by atoms with van der Waals surface area (Å²) in [4.78, 5) is 4.84. The maximum atomic E-state index is 5.81. The summed E-state index contributed by atoms with van der Waals surface area (Å²) in [7, 11) is 0. The first kappa shape index (κ1) is 16.7. The van der Waals surface area contributed by atoms with E-state index in [2.05, 4.69) is 26.2 Å². The van der Waals surface area contributed by atoms with Crippen LogP contribution in [0, 0.1) is 0 Å². The molecule has 0 spiro atoms. The van der Waals surface area contributed by atoms with Gasteiger partial charge in [-0.05, 0) is 31.0 Å². The first-order valence-electron chi connectivity index (χ1n) is 9.62.